The largest absolute Gasteiger partial charge is 0.375 e. The van der Waals surface area contributed by atoms with E-state index in [2.05, 4.69) is 4.98 Å². The van der Waals surface area contributed by atoms with Crippen molar-refractivity contribution >= 4 is 27.8 Å². The summed E-state index contributed by atoms with van der Waals surface area (Å²) < 4.78 is 1.69. The summed E-state index contributed by atoms with van der Waals surface area (Å²) in [5.41, 5.74) is 7.31. The molecule has 2 rings (SSSR count). The Morgan fingerprint density at radius 3 is 2.79 bits per heavy atom. The van der Waals surface area contributed by atoms with Crippen LogP contribution in [0, 0.1) is 6.92 Å². The number of nitrogen functional groups attached to an aromatic ring is 1. The van der Waals surface area contributed by atoms with E-state index < -0.39 is 0 Å². The number of aromatic nitrogens is 2. The number of rotatable bonds is 2. The molecule has 14 heavy (non-hydrogen) atoms. The van der Waals surface area contributed by atoms with Gasteiger partial charge in [0.1, 0.15) is 0 Å². The first kappa shape index (κ1) is 9.42. The Labute approximate surface area is 88.6 Å². The fourth-order valence-electron chi connectivity index (χ4n) is 1.15. The second kappa shape index (κ2) is 3.55. The topological polar surface area (TPSA) is 60.9 Å². The van der Waals surface area contributed by atoms with Crippen LogP contribution >= 0.6 is 22.7 Å². The van der Waals surface area contributed by atoms with Gasteiger partial charge in [-0.25, -0.2) is 4.98 Å². The maximum absolute atomic E-state index is 11.4. The zero-order valence-corrected chi connectivity index (χ0v) is 9.19. The van der Waals surface area contributed by atoms with E-state index in [4.69, 9.17) is 5.73 Å². The van der Waals surface area contributed by atoms with Crippen LogP contribution in [0.1, 0.15) is 11.4 Å². The van der Waals surface area contributed by atoms with E-state index >= 15 is 0 Å². The predicted octanol–water partition coefficient (Wildman–Crippen LogP) is 1.31. The highest BCUT2D eigenvalue weighted by Gasteiger charge is 2.05. The van der Waals surface area contributed by atoms with Gasteiger partial charge < -0.3 is 5.73 Å². The third kappa shape index (κ3) is 1.71. The molecule has 74 valence electrons. The van der Waals surface area contributed by atoms with Crippen LogP contribution in [0.25, 0.3) is 0 Å². The first-order chi connectivity index (χ1) is 6.66. The van der Waals surface area contributed by atoms with E-state index in [1.54, 1.807) is 4.57 Å². The van der Waals surface area contributed by atoms with Crippen LogP contribution in [-0.2, 0) is 6.54 Å². The van der Waals surface area contributed by atoms with Crippen LogP contribution in [0.5, 0.6) is 0 Å². The Bertz CT molecular complexity index is 497. The molecule has 0 unspecified atom stereocenters. The van der Waals surface area contributed by atoms with E-state index in [9.17, 15) is 4.79 Å². The summed E-state index contributed by atoms with van der Waals surface area (Å²) >= 11 is 2.60. The van der Waals surface area contributed by atoms with Crippen LogP contribution in [0.15, 0.2) is 15.6 Å². The number of thiazole rings is 2. The van der Waals surface area contributed by atoms with Crippen molar-refractivity contribution in [2.24, 2.45) is 0 Å². The summed E-state index contributed by atoms with van der Waals surface area (Å²) in [7, 11) is 0. The first-order valence-electron chi connectivity index (χ1n) is 4.01. The van der Waals surface area contributed by atoms with Gasteiger partial charge in [-0.05, 0) is 6.92 Å². The lowest BCUT2D eigenvalue weighted by molar-refractivity contribution is 0.740. The molecule has 0 atom stereocenters. The molecule has 0 saturated carbocycles. The highest BCUT2D eigenvalue weighted by Crippen LogP contribution is 2.12. The summed E-state index contributed by atoms with van der Waals surface area (Å²) in [4.78, 5) is 15.5. The highest BCUT2D eigenvalue weighted by atomic mass is 32.1. The van der Waals surface area contributed by atoms with E-state index in [0.717, 1.165) is 11.4 Å². The predicted molar refractivity (Wildman–Crippen MR) is 58.9 cm³/mol. The smallest absolute Gasteiger partial charge is 0.307 e. The average Bonchev–Trinajstić information content (AvgIpc) is 2.67. The molecule has 0 radical (unpaired) electrons. The lowest BCUT2D eigenvalue weighted by Crippen LogP contribution is -2.15. The summed E-state index contributed by atoms with van der Waals surface area (Å²) in [6, 6.07) is 0. The maximum Gasteiger partial charge on any atom is 0.307 e. The SMILES string of the molecule is Cc1csc(=O)n1Cc1csc(N)n1. The lowest BCUT2D eigenvalue weighted by Gasteiger charge is -1.99. The highest BCUT2D eigenvalue weighted by molar-refractivity contribution is 7.13. The van der Waals surface area contributed by atoms with Gasteiger partial charge in [-0.2, -0.15) is 0 Å². The molecule has 0 fully saturated rings. The molecule has 2 aromatic rings. The second-order valence-corrected chi connectivity index (χ2v) is 4.62. The van der Waals surface area contributed by atoms with Gasteiger partial charge >= 0.3 is 4.87 Å². The molecule has 0 bridgehead atoms. The van der Waals surface area contributed by atoms with Crippen molar-refractivity contribution < 1.29 is 0 Å². The Hall–Kier alpha value is -1.14. The Morgan fingerprint density at radius 1 is 1.50 bits per heavy atom. The van der Waals surface area contributed by atoms with Gasteiger partial charge in [-0.15, -0.1) is 11.3 Å². The van der Waals surface area contributed by atoms with E-state index in [1.165, 1.54) is 22.7 Å². The van der Waals surface area contributed by atoms with Crippen LogP contribution in [0.3, 0.4) is 0 Å². The molecule has 0 aliphatic carbocycles. The summed E-state index contributed by atoms with van der Waals surface area (Å²) in [6.07, 6.45) is 0. The minimum atomic E-state index is 0.0501. The zero-order chi connectivity index (χ0) is 10.1. The standard InChI is InChI=1S/C8H9N3OS2/c1-5-3-14-8(12)11(5)2-6-4-13-7(9)10-6/h3-4H,2H2,1H3,(H2,9,10). The molecule has 2 aromatic heterocycles. The van der Waals surface area contributed by atoms with E-state index in [1.807, 2.05) is 17.7 Å². The molecule has 6 heteroatoms. The van der Waals surface area contributed by atoms with Gasteiger partial charge in [0, 0.05) is 16.5 Å². The Kier molecular flexibility index (Phi) is 2.39. The molecular weight excluding hydrogens is 218 g/mol. The monoisotopic (exact) mass is 227 g/mol. The summed E-state index contributed by atoms with van der Waals surface area (Å²) in [5, 5.41) is 4.26. The molecular formula is C8H9N3OS2. The van der Waals surface area contributed by atoms with Crippen LogP contribution in [-0.4, -0.2) is 9.55 Å². The third-order valence-corrected chi connectivity index (χ3v) is 3.47. The molecule has 0 saturated heterocycles. The zero-order valence-electron chi connectivity index (χ0n) is 7.56. The Balaban J connectivity index is 2.31. The second-order valence-electron chi connectivity index (χ2n) is 2.91. The maximum atomic E-state index is 11.4. The van der Waals surface area contributed by atoms with Gasteiger partial charge in [0.05, 0.1) is 12.2 Å². The van der Waals surface area contributed by atoms with Crippen LogP contribution in [0.2, 0.25) is 0 Å². The summed E-state index contributed by atoms with van der Waals surface area (Å²) in [5.74, 6) is 0. The van der Waals surface area contributed by atoms with E-state index in [-0.39, 0.29) is 4.87 Å². The fourth-order valence-corrected chi connectivity index (χ4v) is 2.44. The molecule has 0 aliphatic rings. The number of nitrogens with two attached hydrogens (primary N) is 1. The average molecular weight is 227 g/mol. The number of hydrogen-bond acceptors (Lipinski definition) is 5. The molecule has 2 heterocycles. The minimum Gasteiger partial charge on any atom is -0.375 e. The van der Waals surface area contributed by atoms with Gasteiger partial charge in [-0.1, -0.05) is 11.3 Å². The third-order valence-electron chi connectivity index (χ3n) is 1.87. The number of anilines is 1. The molecule has 0 amide bonds. The minimum absolute atomic E-state index is 0.0501. The van der Waals surface area contributed by atoms with Gasteiger partial charge in [0.2, 0.25) is 0 Å². The van der Waals surface area contributed by atoms with Crippen LogP contribution < -0.4 is 10.6 Å². The van der Waals surface area contributed by atoms with Crippen molar-refractivity contribution in [1.82, 2.24) is 9.55 Å². The number of aryl methyl sites for hydroxylation is 1. The number of hydrogen-bond donors (Lipinski definition) is 1. The summed E-state index contributed by atoms with van der Waals surface area (Å²) in [6.45, 7) is 2.43. The Morgan fingerprint density at radius 2 is 2.29 bits per heavy atom. The van der Waals surface area contributed by atoms with Crippen molar-refractivity contribution in [3.8, 4) is 0 Å². The van der Waals surface area contributed by atoms with Crippen molar-refractivity contribution in [3.63, 3.8) is 0 Å². The van der Waals surface area contributed by atoms with Crippen molar-refractivity contribution in [2.75, 3.05) is 5.73 Å². The van der Waals surface area contributed by atoms with Gasteiger partial charge in [0.25, 0.3) is 0 Å². The molecule has 0 spiro atoms. The molecule has 0 aromatic carbocycles. The molecule has 2 N–H and O–H groups in total. The quantitative estimate of drug-likeness (QED) is 0.841. The van der Waals surface area contributed by atoms with Crippen molar-refractivity contribution in [3.05, 3.63) is 31.8 Å². The first-order valence-corrected chi connectivity index (χ1v) is 5.77. The molecule has 4 nitrogen and oxygen atoms in total. The molecule has 0 aliphatic heterocycles. The fraction of sp³-hybridized carbons (Fsp3) is 0.250. The van der Waals surface area contributed by atoms with Gasteiger partial charge in [-0.3, -0.25) is 9.36 Å². The van der Waals surface area contributed by atoms with E-state index in [0.29, 0.717) is 11.7 Å². The van der Waals surface area contributed by atoms with Crippen molar-refractivity contribution in [1.29, 1.82) is 0 Å². The van der Waals surface area contributed by atoms with Crippen molar-refractivity contribution in [2.45, 2.75) is 13.5 Å². The lowest BCUT2D eigenvalue weighted by atomic mass is 10.4. The normalized spacial score (nSPS) is 10.6. The van der Waals surface area contributed by atoms with Gasteiger partial charge in [0.15, 0.2) is 5.13 Å². The van der Waals surface area contributed by atoms with Crippen LogP contribution in [0.4, 0.5) is 5.13 Å². The number of nitrogens with zero attached hydrogens (tertiary/aromatic N) is 2.